The molecule has 0 amide bonds. The maximum atomic E-state index is 13.4. The highest BCUT2D eigenvalue weighted by Crippen LogP contribution is 2.23. The van der Waals surface area contributed by atoms with Gasteiger partial charge in [0.15, 0.2) is 0 Å². The summed E-state index contributed by atoms with van der Waals surface area (Å²) < 4.78 is 39.5. The summed E-state index contributed by atoms with van der Waals surface area (Å²) in [6, 6.07) is 9.49. The lowest BCUT2D eigenvalue weighted by Crippen LogP contribution is -2.14. The second-order valence-electron chi connectivity index (χ2n) is 4.34. The molecular weight excluding hydrogens is 285 g/mol. The van der Waals surface area contributed by atoms with E-state index in [1.165, 1.54) is 12.1 Å². The maximum Gasteiger partial charge on any atom is 0.136 e. The Labute approximate surface area is 119 Å². The van der Waals surface area contributed by atoms with E-state index in [1.54, 1.807) is 18.2 Å². The van der Waals surface area contributed by atoms with Crippen LogP contribution in [0.15, 0.2) is 47.4 Å². The number of rotatable bonds is 5. The molecule has 0 saturated heterocycles. The molecule has 2 aromatic rings. The average Bonchev–Trinajstić information content (AvgIpc) is 2.41. The molecule has 5 heteroatoms. The fourth-order valence-electron chi connectivity index (χ4n) is 1.75. The molecule has 1 atom stereocenters. The first-order valence-corrected chi connectivity index (χ1v) is 7.04. The smallest absolute Gasteiger partial charge is 0.136 e. The van der Waals surface area contributed by atoms with Gasteiger partial charge in [0, 0.05) is 23.1 Å². The van der Waals surface area contributed by atoms with E-state index in [0.29, 0.717) is 4.90 Å². The molecule has 0 spiro atoms. The molecule has 106 valence electrons. The highest BCUT2D eigenvalue weighted by atomic mass is 32.2. The van der Waals surface area contributed by atoms with Crippen LogP contribution in [-0.4, -0.2) is 17.0 Å². The third kappa shape index (κ3) is 4.02. The number of hydrogen-bond donors (Lipinski definition) is 1. The first-order chi connectivity index (χ1) is 9.56. The van der Waals surface area contributed by atoms with Crippen molar-refractivity contribution < 1.29 is 18.3 Å². The number of aliphatic hydroxyl groups excluding tert-OH is 1. The van der Waals surface area contributed by atoms with Crippen LogP contribution in [-0.2, 0) is 6.42 Å². The molecule has 0 aliphatic rings. The Bertz CT molecular complexity index is 589. The molecule has 2 aromatic carbocycles. The molecule has 1 nitrogen and oxygen atoms in total. The number of thioether (sulfide) groups is 1. The van der Waals surface area contributed by atoms with Crippen LogP contribution in [0.1, 0.15) is 5.56 Å². The highest BCUT2D eigenvalue weighted by molar-refractivity contribution is 7.99. The van der Waals surface area contributed by atoms with Gasteiger partial charge in [0.25, 0.3) is 0 Å². The van der Waals surface area contributed by atoms with Gasteiger partial charge in [-0.2, -0.15) is 0 Å². The molecule has 0 bridgehead atoms. The molecule has 1 N–H and O–H groups in total. The van der Waals surface area contributed by atoms with Gasteiger partial charge in [-0.05, 0) is 23.8 Å². The predicted molar refractivity (Wildman–Crippen MR) is 73.2 cm³/mol. The highest BCUT2D eigenvalue weighted by Gasteiger charge is 2.12. The molecule has 0 radical (unpaired) electrons. The Kier molecular flexibility index (Phi) is 5.09. The van der Waals surface area contributed by atoms with Crippen LogP contribution in [0.25, 0.3) is 0 Å². The zero-order chi connectivity index (χ0) is 14.5. The second kappa shape index (κ2) is 6.81. The van der Waals surface area contributed by atoms with Gasteiger partial charge >= 0.3 is 0 Å². The molecule has 20 heavy (non-hydrogen) atoms. The number of aliphatic hydroxyl groups is 1. The summed E-state index contributed by atoms with van der Waals surface area (Å²) in [5.41, 5.74) is 0.244. The minimum atomic E-state index is -0.834. The maximum absolute atomic E-state index is 13.4. The lowest BCUT2D eigenvalue weighted by Gasteiger charge is -2.11. The van der Waals surface area contributed by atoms with E-state index in [2.05, 4.69) is 0 Å². The second-order valence-corrected chi connectivity index (χ2v) is 5.40. The lowest BCUT2D eigenvalue weighted by atomic mass is 10.1. The summed E-state index contributed by atoms with van der Waals surface area (Å²) >= 11 is 1.16. The monoisotopic (exact) mass is 298 g/mol. The number of halogens is 3. The third-order valence-electron chi connectivity index (χ3n) is 2.74. The number of benzene rings is 2. The van der Waals surface area contributed by atoms with Crippen LogP contribution in [0, 0.1) is 17.5 Å². The first kappa shape index (κ1) is 14.9. The first-order valence-electron chi connectivity index (χ1n) is 6.05. The molecule has 0 aliphatic heterocycles. The van der Waals surface area contributed by atoms with Gasteiger partial charge in [-0.25, -0.2) is 13.2 Å². The summed E-state index contributed by atoms with van der Waals surface area (Å²) in [6.45, 7) is 0. The topological polar surface area (TPSA) is 20.2 Å². The van der Waals surface area contributed by atoms with Crippen molar-refractivity contribution in [2.45, 2.75) is 17.4 Å². The Morgan fingerprint density at radius 2 is 1.75 bits per heavy atom. The van der Waals surface area contributed by atoms with Crippen molar-refractivity contribution in [1.29, 1.82) is 0 Å². The predicted octanol–water partition coefficient (Wildman–Crippen LogP) is 3.80. The Morgan fingerprint density at radius 3 is 2.45 bits per heavy atom. The van der Waals surface area contributed by atoms with Gasteiger partial charge < -0.3 is 5.11 Å². The van der Waals surface area contributed by atoms with Gasteiger partial charge in [0.05, 0.1) is 6.10 Å². The molecular formula is C15H13F3OS. The van der Waals surface area contributed by atoms with Gasteiger partial charge in [0.1, 0.15) is 17.5 Å². The zero-order valence-corrected chi connectivity index (χ0v) is 11.3. The van der Waals surface area contributed by atoms with Crippen molar-refractivity contribution in [3.63, 3.8) is 0 Å². The summed E-state index contributed by atoms with van der Waals surface area (Å²) in [4.78, 5) is 0.436. The minimum absolute atomic E-state index is 0.0631. The largest absolute Gasteiger partial charge is 0.392 e. The fraction of sp³-hybridized carbons (Fsp3) is 0.200. The summed E-state index contributed by atoms with van der Waals surface area (Å²) in [6.07, 6.45) is -0.771. The zero-order valence-electron chi connectivity index (χ0n) is 10.5. The van der Waals surface area contributed by atoms with Crippen LogP contribution in [0.5, 0.6) is 0 Å². The molecule has 0 fully saturated rings. The minimum Gasteiger partial charge on any atom is -0.392 e. The van der Waals surface area contributed by atoms with Gasteiger partial charge in [-0.1, -0.05) is 18.2 Å². The van der Waals surface area contributed by atoms with E-state index in [1.807, 2.05) is 0 Å². The van der Waals surface area contributed by atoms with E-state index in [-0.39, 0.29) is 23.6 Å². The lowest BCUT2D eigenvalue weighted by molar-refractivity contribution is 0.198. The SMILES string of the molecule is OC(CSc1ccccc1F)Cc1ccc(F)cc1F. The summed E-state index contributed by atoms with van der Waals surface area (Å²) in [5.74, 6) is -1.45. The van der Waals surface area contributed by atoms with Crippen LogP contribution in [0.2, 0.25) is 0 Å². The molecule has 1 unspecified atom stereocenters. The van der Waals surface area contributed by atoms with Crippen molar-refractivity contribution in [1.82, 2.24) is 0 Å². The quantitative estimate of drug-likeness (QED) is 0.847. The van der Waals surface area contributed by atoms with E-state index in [0.717, 1.165) is 23.9 Å². The van der Waals surface area contributed by atoms with E-state index in [9.17, 15) is 18.3 Å². The van der Waals surface area contributed by atoms with Crippen molar-refractivity contribution in [3.05, 3.63) is 65.5 Å². The Hall–Kier alpha value is -1.46. The summed E-state index contributed by atoms with van der Waals surface area (Å²) in [5, 5.41) is 9.84. The van der Waals surface area contributed by atoms with Gasteiger partial charge in [-0.15, -0.1) is 11.8 Å². The molecule has 0 heterocycles. The van der Waals surface area contributed by atoms with Crippen molar-refractivity contribution in [3.8, 4) is 0 Å². The van der Waals surface area contributed by atoms with Crippen molar-refractivity contribution >= 4 is 11.8 Å². The van der Waals surface area contributed by atoms with Crippen molar-refractivity contribution in [2.75, 3.05) is 5.75 Å². The Balaban J connectivity index is 1.92. The van der Waals surface area contributed by atoms with E-state index < -0.39 is 17.7 Å². The van der Waals surface area contributed by atoms with Gasteiger partial charge in [-0.3, -0.25) is 0 Å². The van der Waals surface area contributed by atoms with Crippen molar-refractivity contribution in [2.24, 2.45) is 0 Å². The molecule has 2 rings (SSSR count). The van der Waals surface area contributed by atoms with Crippen LogP contribution in [0.4, 0.5) is 13.2 Å². The average molecular weight is 298 g/mol. The molecule has 0 aliphatic carbocycles. The normalized spacial score (nSPS) is 12.4. The molecule has 0 saturated carbocycles. The summed E-state index contributed by atoms with van der Waals surface area (Å²) in [7, 11) is 0. The van der Waals surface area contributed by atoms with Crippen LogP contribution in [0.3, 0.4) is 0 Å². The van der Waals surface area contributed by atoms with Crippen LogP contribution >= 0.6 is 11.8 Å². The van der Waals surface area contributed by atoms with Crippen LogP contribution < -0.4 is 0 Å². The van der Waals surface area contributed by atoms with Gasteiger partial charge in [0.2, 0.25) is 0 Å². The standard InChI is InChI=1S/C15H13F3OS/c16-11-6-5-10(14(18)8-11)7-12(19)9-20-15-4-2-1-3-13(15)17/h1-6,8,12,19H,7,9H2. The third-order valence-corrected chi connectivity index (χ3v) is 3.93. The molecule has 0 aromatic heterocycles. The Morgan fingerprint density at radius 1 is 1.00 bits per heavy atom. The number of hydrogen-bond acceptors (Lipinski definition) is 2. The van der Waals surface area contributed by atoms with E-state index >= 15 is 0 Å². The van der Waals surface area contributed by atoms with E-state index in [4.69, 9.17) is 0 Å². The fourth-order valence-corrected chi connectivity index (χ4v) is 2.62.